The first-order valence-electron chi connectivity index (χ1n) is 10.9. The third-order valence-corrected chi connectivity index (χ3v) is 5.89. The molecular weight excluding hydrogens is 420 g/mol. The van der Waals surface area contributed by atoms with Gasteiger partial charge in [-0.2, -0.15) is 5.10 Å². The summed E-state index contributed by atoms with van der Waals surface area (Å²) in [6.07, 6.45) is 3.94. The molecule has 0 spiro atoms. The number of aromatic nitrogens is 2. The van der Waals surface area contributed by atoms with Gasteiger partial charge in [0.05, 0.1) is 32.1 Å². The molecule has 2 aromatic carbocycles. The van der Waals surface area contributed by atoms with Crippen molar-refractivity contribution >= 4 is 11.7 Å². The van der Waals surface area contributed by atoms with E-state index in [1.165, 1.54) is 0 Å². The average molecular weight is 451 g/mol. The van der Waals surface area contributed by atoms with Crippen LogP contribution in [0.3, 0.4) is 0 Å². The Morgan fingerprint density at radius 1 is 1.15 bits per heavy atom. The van der Waals surface area contributed by atoms with Gasteiger partial charge in [0.1, 0.15) is 11.5 Å². The van der Waals surface area contributed by atoms with Gasteiger partial charge >= 0.3 is 6.03 Å². The van der Waals surface area contributed by atoms with Crippen molar-refractivity contribution in [1.29, 1.82) is 0 Å². The highest BCUT2D eigenvalue weighted by Crippen LogP contribution is 2.37. The first kappa shape index (κ1) is 22.7. The van der Waals surface area contributed by atoms with Gasteiger partial charge in [-0.25, -0.2) is 4.79 Å². The first-order valence-corrected chi connectivity index (χ1v) is 10.9. The maximum atomic E-state index is 13.6. The van der Waals surface area contributed by atoms with Gasteiger partial charge in [-0.05, 0) is 43.7 Å². The maximum Gasteiger partial charge on any atom is 0.325 e. The molecule has 1 atom stereocenters. The molecule has 174 valence electrons. The number of H-pyrrole nitrogens is 1. The summed E-state index contributed by atoms with van der Waals surface area (Å²) in [4.78, 5) is 17.1. The number of nitrogens with one attached hydrogen (secondary N) is 1. The lowest BCUT2D eigenvalue weighted by Crippen LogP contribution is -2.38. The molecule has 2 N–H and O–H groups in total. The van der Waals surface area contributed by atoms with Gasteiger partial charge in [-0.15, -0.1) is 0 Å². The number of urea groups is 1. The van der Waals surface area contributed by atoms with E-state index in [0.29, 0.717) is 25.3 Å². The Hall–Kier alpha value is -3.52. The number of ether oxygens (including phenoxy) is 2. The van der Waals surface area contributed by atoms with Gasteiger partial charge in [-0.3, -0.25) is 10.00 Å². The standard InChI is InChI=1S/C25H30N4O4/c1-25(2,31)14-22(17-6-5-7-20(12-17)32-3)29-11-10-28(24(29)30)19-8-9-21(23(13-19)33-4)18-15-26-27-16-18/h5-9,12-13,15-16,22,31H,10-11,14H2,1-4H3,(H,26,27). The van der Waals surface area contributed by atoms with E-state index in [1.807, 2.05) is 47.4 Å². The van der Waals surface area contributed by atoms with Crippen LogP contribution < -0.4 is 14.4 Å². The molecule has 0 radical (unpaired) electrons. The van der Waals surface area contributed by atoms with Crippen molar-refractivity contribution in [2.45, 2.75) is 31.9 Å². The van der Waals surface area contributed by atoms with E-state index in [4.69, 9.17) is 9.47 Å². The lowest BCUT2D eigenvalue weighted by Gasteiger charge is -2.33. The lowest BCUT2D eigenvalue weighted by atomic mass is 9.92. The highest BCUT2D eigenvalue weighted by Gasteiger charge is 2.37. The second-order valence-electron chi connectivity index (χ2n) is 8.81. The van der Waals surface area contributed by atoms with Crippen LogP contribution in [0.25, 0.3) is 11.1 Å². The van der Waals surface area contributed by atoms with Crippen LogP contribution in [0, 0.1) is 0 Å². The summed E-state index contributed by atoms with van der Waals surface area (Å²) in [5.74, 6) is 1.39. The summed E-state index contributed by atoms with van der Waals surface area (Å²) in [5, 5.41) is 17.4. The van der Waals surface area contributed by atoms with Crippen molar-refractivity contribution in [3.8, 4) is 22.6 Å². The second kappa shape index (κ2) is 9.15. The van der Waals surface area contributed by atoms with E-state index in [2.05, 4.69) is 10.2 Å². The number of rotatable bonds is 8. The SMILES string of the molecule is COc1cccc(C(CC(C)(C)O)N2CCN(c3ccc(-c4cn[nH]c4)c(OC)c3)C2=O)c1. The minimum atomic E-state index is -0.948. The molecule has 2 heterocycles. The van der Waals surface area contributed by atoms with Crippen LogP contribution in [-0.2, 0) is 0 Å². The normalized spacial score (nSPS) is 15.1. The molecule has 33 heavy (non-hydrogen) atoms. The van der Waals surface area contributed by atoms with Crippen molar-refractivity contribution in [3.05, 3.63) is 60.4 Å². The van der Waals surface area contributed by atoms with Gasteiger partial charge in [0.15, 0.2) is 0 Å². The molecule has 8 heteroatoms. The van der Waals surface area contributed by atoms with E-state index in [1.54, 1.807) is 45.4 Å². The van der Waals surface area contributed by atoms with Gasteiger partial charge in [0, 0.05) is 48.6 Å². The van der Waals surface area contributed by atoms with E-state index >= 15 is 0 Å². The topological polar surface area (TPSA) is 90.9 Å². The smallest absolute Gasteiger partial charge is 0.325 e. The summed E-state index contributed by atoms with van der Waals surface area (Å²) in [5.41, 5.74) is 2.56. The Morgan fingerprint density at radius 3 is 2.64 bits per heavy atom. The summed E-state index contributed by atoms with van der Waals surface area (Å²) in [7, 11) is 3.23. The number of hydrogen-bond acceptors (Lipinski definition) is 5. The van der Waals surface area contributed by atoms with Gasteiger partial charge in [0.25, 0.3) is 0 Å². The van der Waals surface area contributed by atoms with Crippen molar-refractivity contribution in [1.82, 2.24) is 15.1 Å². The van der Waals surface area contributed by atoms with E-state index < -0.39 is 5.60 Å². The van der Waals surface area contributed by atoms with Crippen molar-refractivity contribution in [2.75, 3.05) is 32.2 Å². The summed E-state index contributed by atoms with van der Waals surface area (Å²) in [6, 6.07) is 13.0. The van der Waals surface area contributed by atoms with Crippen LogP contribution >= 0.6 is 0 Å². The molecule has 0 bridgehead atoms. The van der Waals surface area contributed by atoms with E-state index in [0.717, 1.165) is 28.1 Å². The Balaban J connectivity index is 1.63. The molecule has 4 rings (SSSR count). The third-order valence-electron chi connectivity index (χ3n) is 5.89. The van der Waals surface area contributed by atoms with Crippen LogP contribution in [0.5, 0.6) is 11.5 Å². The van der Waals surface area contributed by atoms with Crippen LogP contribution in [0.15, 0.2) is 54.9 Å². The molecule has 1 aliphatic heterocycles. The van der Waals surface area contributed by atoms with Crippen molar-refractivity contribution < 1.29 is 19.4 Å². The molecular formula is C25H30N4O4. The highest BCUT2D eigenvalue weighted by molar-refractivity contribution is 5.95. The first-order chi connectivity index (χ1) is 15.8. The zero-order chi connectivity index (χ0) is 23.6. The van der Waals surface area contributed by atoms with Crippen LogP contribution in [0.4, 0.5) is 10.5 Å². The van der Waals surface area contributed by atoms with Gasteiger partial charge in [0.2, 0.25) is 0 Å². The monoisotopic (exact) mass is 450 g/mol. The number of benzene rings is 2. The molecule has 1 unspecified atom stereocenters. The number of carbonyl (C=O) groups is 1. The number of aliphatic hydroxyl groups is 1. The fraction of sp³-hybridized carbons (Fsp3) is 0.360. The Labute approximate surface area is 193 Å². The summed E-state index contributed by atoms with van der Waals surface area (Å²) >= 11 is 0. The second-order valence-corrected chi connectivity index (χ2v) is 8.81. The largest absolute Gasteiger partial charge is 0.497 e. The minimum Gasteiger partial charge on any atom is -0.497 e. The Kier molecular flexibility index (Phi) is 6.29. The molecule has 1 aromatic heterocycles. The van der Waals surface area contributed by atoms with E-state index in [-0.39, 0.29) is 12.1 Å². The fourth-order valence-electron chi connectivity index (χ4n) is 4.30. The number of nitrogens with zero attached hydrogens (tertiary/aromatic N) is 3. The van der Waals surface area contributed by atoms with Gasteiger partial charge in [-0.1, -0.05) is 12.1 Å². The molecule has 0 aliphatic carbocycles. The summed E-state index contributed by atoms with van der Waals surface area (Å²) < 4.78 is 11.0. The number of carbonyl (C=O) groups excluding carboxylic acids is 1. The number of aromatic amines is 1. The summed E-state index contributed by atoms with van der Waals surface area (Å²) in [6.45, 7) is 4.61. The van der Waals surface area contributed by atoms with Crippen molar-refractivity contribution in [3.63, 3.8) is 0 Å². The zero-order valence-electron chi connectivity index (χ0n) is 19.4. The highest BCUT2D eigenvalue weighted by atomic mass is 16.5. The molecule has 1 saturated heterocycles. The Morgan fingerprint density at radius 2 is 1.97 bits per heavy atom. The van der Waals surface area contributed by atoms with Gasteiger partial charge < -0.3 is 19.5 Å². The third kappa shape index (κ3) is 4.80. The average Bonchev–Trinajstić information content (AvgIpc) is 3.46. The van der Waals surface area contributed by atoms with Crippen LogP contribution in [0.1, 0.15) is 31.9 Å². The zero-order valence-corrected chi connectivity index (χ0v) is 19.4. The Bertz CT molecular complexity index is 1110. The number of anilines is 1. The van der Waals surface area contributed by atoms with E-state index in [9.17, 15) is 9.90 Å². The predicted molar refractivity (Wildman–Crippen MR) is 127 cm³/mol. The lowest BCUT2D eigenvalue weighted by molar-refractivity contribution is 0.0441. The molecule has 3 aromatic rings. The number of hydrogen-bond donors (Lipinski definition) is 2. The maximum absolute atomic E-state index is 13.6. The number of methoxy groups -OCH3 is 2. The van der Waals surface area contributed by atoms with Crippen LogP contribution in [-0.4, -0.2) is 59.1 Å². The molecule has 1 aliphatic rings. The van der Waals surface area contributed by atoms with Crippen LogP contribution in [0.2, 0.25) is 0 Å². The quantitative estimate of drug-likeness (QED) is 0.536. The predicted octanol–water partition coefficient (Wildman–Crippen LogP) is 4.24. The molecule has 1 fully saturated rings. The molecule has 2 amide bonds. The fourth-order valence-corrected chi connectivity index (χ4v) is 4.30. The number of amides is 2. The minimum absolute atomic E-state index is 0.106. The molecule has 0 saturated carbocycles. The van der Waals surface area contributed by atoms with Crippen molar-refractivity contribution in [2.24, 2.45) is 0 Å². The molecule has 8 nitrogen and oxygen atoms in total.